The molecule has 0 atom stereocenters. The summed E-state index contributed by atoms with van der Waals surface area (Å²) >= 11 is 0. The normalized spacial score (nSPS) is 11.8. The molecule has 0 heterocycles. The van der Waals surface area contributed by atoms with E-state index in [-0.39, 0.29) is 0 Å². The zero-order valence-corrected chi connectivity index (χ0v) is 10.3. The van der Waals surface area contributed by atoms with Crippen molar-refractivity contribution in [1.29, 1.82) is 0 Å². The Hall–Kier alpha value is -2.08. The highest BCUT2D eigenvalue weighted by Gasteiger charge is 2.08. The van der Waals surface area contributed by atoms with E-state index in [0.29, 0.717) is 0 Å². The number of hydrogen-bond acceptors (Lipinski definition) is 0. The van der Waals surface area contributed by atoms with Gasteiger partial charge in [0.1, 0.15) is 0 Å². The Morgan fingerprint density at radius 3 is 2.33 bits per heavy atom. The fourth-order valence-electron chi connectivity index (χ4n) is 2.92. The Bertz CT molecular complexity index is 792. The van der Waals surface area contributed by atoms with Crippen LogP contribution in [0.15, 0.2) is 48.5 Å². The van der Waals surface area contributed by atoms with E-state index in [1.165, 1.54) is 37.9 Å². The molecule has 1 radical (unpaired) electrons. The molecule has 0 heteroatoms. The molecule has 4 rings (SSSR count). The predicted octanol–water partition coefficient (Wildman–Crippen LogP) is 4.95. The summed E-state index contributed by atoms with van der Waals surface area (Å²) in [5.41, 5.74) is 1.29. The summed E-state index contributed by atoms with van der Waals surface area (Å²) in [5.74, 6) is 0. The van der Waals surface area contributed by atoms with Crippen LogP contribution in [0.3, 0.4) is 0 Å². The first-order valence-corrected chi connectivity index (χ1v) is 6.45. The first kappa shape index (κ1) is 9.90. The van der Waals surface area contributed by atoms with Crippen molar-refractivity contribution in [2.75, 3.05) is 0 Å². The second-order valence-electron chi connectivity index (χ2n) is 4.87. The lowest BCUT2D eigenvalue weighted by atomic mass is 9.92. The van der Waals surface area contributed by atoms with Crippen molar-refractivity contribution in [1.82, 2.24) is 0 Å². The number of aryl methyl sites for hydroxylation is 1. The van der Waals surface area contributed by atoms with E-state index in [0.717, 1.165) is 6.42 Å². The largest absolute Gasteiger partial charge is 0.0613 e. The average Bonchev–Trinajstić information content (AvgIpc) is 2.44. The van der Waals surface area contributed by atoms with Crippen molar-refractivity contribution in [2.24, 2.45) is 0 Å². The number of hydrogen-bond donors (Lipinski definition) is 0. The molecular formula is C18H13. The van der Waals surface area contributed by atoms with E-state index in [9.17, 15) is 0 Å². The standard InChI is InChI=1S/C18H13/c1-2-12-10-15-8-6-13-4-3-5-14-7-9-16(11-12)18(15)17(13)14/h3-10H,2H2,1H3. The molecule has 0 saturated carbocycles. The minimum Gasteiger partial charge on any atom is -0.0613 e. The lowest BCUT2D eigenvalue weighted by Gasteiger charge is -2.11. The van der Waals surface area contributed by atoms with Gasteiger partial charge < -0.3 is 0 Å². The average molecular weight is 229 g/mol. The van der Waals surface area contributed by atoms with Crippen LogP contribution in [-0.4, -0.2) is 0 Å². The Morgan fingerprint density at radius 1 is 0.833 bits per heavy atom. The molecule has 0 amide bonds. The number of rotatable bonds is 1. The molecule has 0 bridgehead atoms. The minimum atomic E-state index is 1.04. The monoisotopic (exact) mass is 229 g/mol. The van der Waals surface area contributed by atoms with Gasteiger partial charge in [-0.05, 0) is 50.4 Å². The Balaban J connectivity index is 2.35. The summed E-state index contributed by atoms with van der Waals surface area (Å²) in [4.78, 5) is 0. The minimum absolute atomic E-state index is 1.04. The third kappa shape index (κ3) is 1.20. The molecule has 0 saturated heterocycles. The highest BCUT2D eigenvalue weighted by atomic mass is 14.1. The summed E-state index contributed by atoms with van der Waals surface area (Å²) in [7, 11) is 0. The third-order valence-electron chi connectivity index (χ3n) is 3.81. The lowest BCUT2D eigenvalue weighted by molar-refractivity contribution is 1.15. The zero-order valence-electron chi connectivity index (χ0n) is 10.3. The van der Waals surface area contributed by atoms with Crippen LogP contribution in [0.5, 0.6) is 0 Å². The Labute approximate surface area is 106 Å². The molecule has 0 fully saturated rings. The van der Waals surface area contributed by atoms with Crippen LogP contribution in [0.1, 0.15) is 12.5 Å². The molecule has 85 valence electrons. The molecule has 18 heavy (non-hydrogen) atoms. The SMILES string of the molecule is CCc1[c]c2ccc3cccc4ccc(c1)c2c34. The van der Waals surface area contributed by atoms with Crippen LogP contribution in [0, 0.1) is 6.07 Å². The van der Waals surface area contributed by atoms with Gasteiger partial charge in [0.25, 0.3) is 0 Å². The van der Waals surface area contributed by atoms with Crippen LogP contribution < -0.4 is 0 Å². The van der Waals surface area contributed by atoms with Crippen LogP contribution in [-0.2, 0) is 6.42 Å². The van der Waals surface area contributed by atoms with Gasteiger partial charge in [0, 0.05) is 0 Å². The summed E-state index contributed by atoms with van der Waals surface area (Å²) in [6.45, 7) is 2.18. The highest BCUT2D eigenvalue weighted by molar-refractivity contribution is 6.22. The quantitative estimate of drug-likeness (QED) is 0.405. The highest BCUT2D eigenvalue weighted by Crippen LogP contribution is 2.34. The summed E-state index contributed by atoms with van der Waals surface area (Å²) in [6, 6.07) is 21.2. The maximum absolute atomic E-state index is 3.54. The molecule has 4 aromatic rings. The lowest BCUT2D eigenvalue weighted by Crippen LogP contribution is -1.87. The Kier molecular flexibility index (Phi) is 1.90. The van der Waals surface area contributed by atoms with Crippen molar-refractivity contribution < 1.29 is 0 Å². The zero-order chi connectivity index (χ0) is 12.1. The van der Waals surface area contributed by atoms with Crippen molar-refractivity contribution in [3.05, 3.63) is 60.2 Å². The fourth-order valence-corrected chi connectivity index (χ4v) is 2.92. The predicted molar refractivity (Wildman–Crippen MR) is 78.4 cm³/mol. The second-order valence-corrected chi connectivity index (χ2v) is 4.87. The molecule has 0 aliphatic rings. The van der Waals surface area contributed by atoms with Gasteiger partial charge in [0.2, 0.25) is 0 Å². The summed E-state index contributed by atoms with van der Waals surface area (Å²) < 4.78 is 0. The van der Waals surface area contributed by atoms with Gasteiger partial charge in [0.15, 0.2) is 0 Å². The van der Waals surface area contributed by atoms with E-state index >= 15 is 0 Å². The van der Waals surface area contributed by atoms with E-state index < -0.39 is 0 Å². The molecule has 0 unspecified atom stereocenters. The van der Waals surface area contributed by atoms with Crippen LogP contribution in [0.2, 0.25) is 0 Å². The first-order valence-electron chi connectivity index (χ1n) is 6.45. The molecule has 0 aliphatic heterocycles. The van der Waals surface area contributed by atoms with Crippen LogP contribution in [0.4, 0.5) is 0 Å². The van der Waals surface area contributed by atoms with E-state index in [1.54, 1.807) is 0 Å². The smallest absolute Gasteiger partial charge is 0.00204 e. The second kappa shape index (κ2) is 3.46. The Morgan fingerprint density at radius 2 is 1.56 bits per heavy atom. The summed E-state index contributed by atoms with van der Waals surface area (Å²) in [6.07, 6.45) is 1.04. The van der Waals surface area contributed by atoms with E-state index in [1.807, 2.05) is 0 Å². The molecule has 0 aliphatic carbocycles. The van der Waals surface area contributed by atoms with Gasteiger partial charge in [-0.1, -0.05) is 55.5 Å². The maximum Gasteiger partial charge on any atom is -0.00204 e. The van der Waals surface area contributed by atoms with Gasteiger partial charge >= 0.3 is 0 Å². The van der Waals surface area contributed by atoms with Gasteiger partial charge in [-0.15, -0.1) is 0 Å². The molecule has 0 aromatic heterocycles. The van der Waals surface area contributed by atoms with Crippen LogP contribution in [0.25, 0.3) is 32.3 Å². The van der Waals surface area contributed by atoms with Crippen molar-refractivity contribution >= 4 is 32.3 Å². The van der Waals surface area contributed by atoms with Gasteiger partial charge in [-0.3, -0.25) is 0 Å². The first-order chi connectivity index (χ1) is 8.86. The topological polar surface area (TPSA) is 0 Å². The molecular weight excluding hydrogens is 216 g/mol. The van der Waals surface area contributed by atoms with Gasteiger partial charge in [-0.25, -0.2) is 0 Å². The van der Waals surface area contributed by atoms with Gasteiger partial charge in [0.05, 0.1) is 0 Å². The fraction of sp³-hybridized carbons (Fsp3) is 0.111. The van der Waals surface area contributed by atoms with E-state index in [2.05, 4.69) is 61.5 Å². The van der Waals surface area contributed by atoms with E-state index in [4.69, 9.17) is 0 Å². The molecule has 0 spiro atoms. The third-order valence-corrected chi connectivity index (χ3v) is 3.81. The summed E-state index contributed by atoms with van der Waals surface area (Å²) in [5, 5.41) is 7.97. The number of benzene rings is 4. The molecule has 0 nitrogen and oxygen atoms in total. The van der Waals surface area contributed by atoms with Gasteiger partial charge in [-0.2, -0.15) is 0 Å². The van der Waals surface area contributed by atoms with Crippen LogP contribution >= 0.6 is 0 Å². The van der Waals surface area contributed by atoms with Crippen molar-refractivity contribution in [3.8, 4) is 0 Å². The molecule has 4 aromatic carbocycles. The maximum atomic E-state index is 3.54. The molecule has 0 N–H and O–H groups in total. The van der Waals surface area contributed by atoms with Crippen molar-refractivity contribution in [3.63, 3.8) is 0 Å². The van der Waals surface area contributed by atoms with Crippen molar-refractivity contribution in [2.45, 2.75) is 13.3 Å².